The summed E-state index contributed by atoms with van der Waals surface area (Å²) < 4.78 is 0. The van der Waals surface area contributed by atoms with Gasteiger partial charge < -0.3 is 10.6 Å². The Hall–Kier alpha value is -0.770. The van der Waals surface area contributed by atoms with E-state index in [0.29, 0.717) is 0 Å². The maximum absolute atomic E-state index is 12.3. The lowest BCUT2D eigenvalue weighted by molar-refractivity contribution is -0.126. The van der Waals surface area contributed by atoms with E-state index < -0.39 is 0 Å². The number of halogens is 2. The second-order valence-corrected chi connectivity index (χ2v) is 5.86. The lowest BCUT2D eigenvalue weighted by Crippen LogP contribution is -2.41. The molecule has 1 amide bonds. The van der Waals surface area contributed by atoms with Crippen molar-refractivity contribution in [3.8, 4) is 0 Å². The summed E-state index contributed by atoms with van der Waals surface area (Å²) in [7, 11) is 0. The highest BCUT2D eigenvalue weighted by molar-refractivity contribution is 6.31. The molecule has 1 aromatic rings. The zero-order valence-electron chi connectivity index (χ0n) is 11.3. The summed E-state index contributed by atoms with van der Waals surface area (Å²) in [5, 5.41) is 7.31. The van der Waals surface area contributed by atoms with Gasteiger partial charge in [0.25, 0.3) is 0 Å². The number of nitrogens with one attached hydrogen (secondary N) is 2. The van der Waals surface area contributed by atoms with Crippen LogP contribution >= 0.6 is 24.0 Å². The molecule has 20 heavy (non-hydrogen) atoms. The molecular weight excluding hydrogens is 295 g/mol. The van der Waals surface area contributed by atoms with Crippen LogP contribution in [0.5, 0.6) is 0 Å². The van der Waals surface area contributed by atoms with Gasteiger partial charge in [0.05, 0.1) is 12.0 Å². The molecule has 1 fully saturated rings. The van der Waals surface area contributed by atoms with Gasteiger partial charge in [0, 0.05) is 11.6 Å². The first kappa shape index (κ1) is 15.6. The molecule has 1 heterocycles. The van der Waals surface area contributed by atoms with Crippen molar-refractivity contribution in [3.05, 3.63) is 34.3 Å². The fourth-order valence-corrected chi connectivity index (χ4v) is 3.40. The summed E-state index contributed by atoms with van der Waals surface area (Å²) in [5.41, 5.74) is 2.40. The first-order valence-electron chi connectivity index (χ1n) is 7.04. The van der Waals surface area contributed by atoms with Crippen molar-refractivity contribution in [2.45, 2.75) is 31.7 Å². The van der Waals surface area contributed by atoms with Crippen LogP contribution in [0.4, 0.5) is 0 Å². The fraction of sp³-hybridized carbons (Fsp3) is 0.533. The SMILES string of the molecule is Cl.O=C(NC1CCc2c(Cl)cccc21)C1CCCNC1. The molecule has 2 N–H and O–H groups in total. The molecule has 3 rings (SSSR count). The summed E-state index contributed by atoms with van der Waals surface area (Å²) in [6.07, 6.45) is 4.01. The predicted molar refractivity (Wildman–Crippen MR) is 83.5 cm³/mol. The highest BCUT2D eigenvalue weighted by atomic mass is 35.5. The highest BCUT2D eigenvalue weighted by Gasteiger charge is 2.28. The quantitative estimate of drug-likeness (QED) is 0.881. The second-order valence-electron chi connectivity index (χ2n) is 5.45. The third kappa shape index (κ3) is 3.11. The second kappa shape index (κ2) is 6.79. The van der Waals surface area contributed by atoms with Crippen molar-refractivity contribution < 1.29 is 4.79 Å². The van der Waals surface area contributed by atoms with Crippen LogP contribution in [-0.4, -0.2) is 19.0 Å². The van der Waals surface area contributed by atoms with Crippen molar-refractivity contribution in [1.82, 2.24) is 10.6 Å². The third-order valence-electron chi connectivity index (χ3n) is 4.20. The Morgan fingerprint density at radius 3 is 2.95 bits per heavy atom. The summed E-state index contributed by atoms with van der Waals surface area (Å²) in [5.74, 6) is 0.307. The van der Waals surface area contributed by atoms with E-state index in [-0.39, 0.29) is 30.3 Å². The number of amides is 1. The van der Waals surface area contributed by atoms with Gasteiger partial charge in [-0.1, -0.05) is 23.7 Å². The van der Waals surface area contributed by atoms with E-state index in [1.54, 1.807) is 0 Å². The average molecular weight is 315 g/mol. The van der Waals surface area contributed by atoms with Crippen molar-refractivity contribution in [2.24, 2.45) is 5.92 Å². The molecule has 1 saturated heterocycles. The average Bonchev–Trinajstić information content (AvgIpc) is 2.84. The topological polar surface area (TPSA) is 41.1 Å². The van der Waals surface area contributed by atoms with Crippen molar-refractivity contribution in [3.63, 3.8) is 0 Å². The molecular formula is C15H20Cl2N2O. The van der Waals surface area contributed by atoms with E-state index >= 15 is 0 Å². The zero-order chi connectivity index (χ0) is 13.2. The lowest BCUT2D eigenvalue weighted by Gasteiger charge is -2.24. The molecule has 0 aromatic heterocycles. The molecule has 1 aliphatic heterocycles. The number of benzene rings is 1. The molecule has 2 aliphatic rings. The van der Waals surface area contributed by atoms with Crippen LogP contribution in [0.15, 0.2) is 18.2 Å². The Bertz CT molecular complexity index is 487. The molecule has 3 nitrogen and oxygen atoms in total. The monoisotopic (exact) mass is 314 g/mol. The first-order chi connectivity index (χ1) is 9.25. The van der Waals surface area contributed by atoms with E-state index in [1.165, 1.54) is 11.1 Å². The van der Waals surface area contributed by atoms with E-state index in [2.05, 4.69) is 16.7 Å². The van der Waals surface area contributed by atoms with Gasteiger partial charge in [0.1, 0.15) is 0 Å². The van der Waals surface area contributed by atoms with Crippen molar-refractivity contribution in [2.75, 3.05) is 13.1 Å². The van der Waals surface area contributed by atoms with Crippen molar-refractivity contribution in [1.29, 1.82) is 0 Å². The number of carbonyl (C=O) groups is 1. The summed E-state index contributed by atoms with van der Waals surface area (Å²) >= 11 is 6.20. The van der Waals surface area contributed by atoms with E-state index in [1.807, 2.05) is 12.1 Å². The van der Waals surface area contributed by atoms with Gasteiger partial charge in [-0.05, 0) is 49.4 Å². The van der Waals surface area contributed by atoms with Gasteiger partial charge in [-0.15, -0.1) is 12.4 Å². The van der Waals surface area contributed by atoms with Crippen LogP contribution in [0.1, 0.15) is 36.4 Å². The Balaban J connectivity index is 0.00000147. The Kier molecular flexibility index (Phi) is 5.30. The molecule has 1 aromatic carbocycles. The first-order valence-corrected chi connectivity index (χ1v) is 7.42. The number of fused-ring (bicyclic) bond motifs is 1. The standard InChI is InChI=1S/C15H19ClN2O.ClH/c16-13-5-1-4-12-11(13)6-7-14(12)18-15(19)10-3-2-8-17-9-10;/h1,4-5,10,14,17H,2-3,6-9H2,(H,18,19);1H. The number of hydrogen-bond donors (Lipinski definition) is 2. The van der Waals surface area contributed by atoms with E-state index in [4.69, 9.17) is 11.6 Å². The normalized spacial score (nSPS) is 24.6. The molecule has 0 saturated carbocycles. The Morgan fingerprint density at radius 2 is 2.20 bits per heavy atom. The summed E-state index contributed by atoms with van der Waals surface area (Å²) in [6.45, 7) is 1.84. The van der Waals surface area contributed by atoms with E-state index in [0.717, 1.165) is 43.8 Å². The minimum atomic E-state index is 0. The minimum absolute atomic E-state index is 0. The molecule has 1 aliphatic carbocycles. The number of hydrogen-bond acceptors (Lipinski definition) is 2. The number of carbonyl (C=O) groups excluding carboxylic acids is 1. The van der Waals surface area contributed by atoms with Crippen LogP contribution in [0.3, 0.4) is 0 Å². The maximum Gasteiger partial charge on any atom is 0.224 e. The number of rotatable bonds is 2. The highest BCUT2D eigenvalue weighted by Crippen LogP contribution is 2.35. The van der Waals surface area contributed by atoms with Gasteiger partial charge in [-0.3, -0.25) is 4.79 Å². The van der Waals surface area contributed by atoms with Crippen LogP contribution < -0.4 is 10.6 Å². The third-order valence-corrected chi connectivity index (χ3v) is 4.55. The molecule has 0 spiro atoms. The van der Waals surface area contributed by atoms with Gasteiger partial charge in [-0.25, -0.2) is 0 Å². The molecule has 0 radical (unpaired) electrons. The van der Waals surface area contributed by atoms with Crippen LogP contribution in [0, 0.1) is 5.92 Å². The van der Waals surface area contributed by atoms with Crippen molar-refractivity contribution >= 4 is 29.9 Å². The summed E-state index contributed by atoms with van der Waals surface area (Å²) in [4.78, 5) is 12.3. The molecule has 2 unspecified atom stereocenters. The zero-order valence-corrected chi connectivity index (χ0v) is 12.9. The smallest absolute Gasteiger partial charge is 0.224 e. The molecule has 0 bridgehead atoms. The fourth-order valence-electron chi connectivity index (χ4n) is 3.12. The largest absolute Gasteiger partial charge is 0.349 e. The van der Waals surface area contributed by atoms with E-state index in [9.17, 15) is 4.79 Å². The van der Waals surface area contributed by atoms with Crippen LogP contribution in [0.2, 0.25) is 5.02 Å². The van der Waals surface area contributed by atoms with Gasteiger partial charge >= 0.3 is 0 Å². The molecule has 5 heteroatoms. The molecule has 110 valence electrons. The Morgan fingerprint density at radius 1 is 1.35 bits per heavy atom. The summed E-state index contributed by atoms with van der Waals surface area (Å²) in [6, 6.07) is 6.12. The lowest BCUT2D eigenvalue weighted by atomic mass is 9.98. The van der Waals surface area contributed by atoms with Gasteiger partial charge in [0.2, 0.25) is 5.91 Å². The van der Waals surface area contributed by atoms with Crippen LogP contribution in [-0.2, 0) is 11.2 Å². The molecule has 2 atom stereocenters. The number of piperidine rings is 1. The predicted octanol–water partition coefficient (Wildman–Crippen LogP) is 2.86. The Labute approximate surface area is 130 Å². The maximum atomic E-state index is 12.3. The minimum Gasteiger partial charge on any atom is -0.349 e. The van der Waals surface area contributed by atoms with Crippen LogP contribution in [0.25, 0.3) is 0 Å². The van der Waals surface area contributed by atoms with Gasteiger partial charge in [-0.2, -0.15) is 0 Å². The van der Waals surface area contributed by atoms with Gasteiger partial charge in [0.15, 0.2) is 0 Å².